The average molecular weight is 601 g/mol. The van der Waals surface area contributed by atoms with Crippen LogP contribution in [0.4, 0.5) is 0 Å². The van der Waals surface area contributed by atoms with Crippen molar-refractivity contribution in [3.63, 3.8) is 0 Å². The minimum Gasteiger partial charge on any atom is -0.477 e. The summed E-state index contributed by atoms with van der Waals surface area (Å²) in [6.07, 6.45) is 0. The molecule has 218 valence electrons. The van der Waals surface area contributed by atoms with Gasteiger partial charge >= 0.3 is 9.05 Å². The van der Waals surface area contributed by atoms with Gasteiger partial charge in [0.05, 0.1) is 109 Å². The van der Waals surface area contributed by atoms with Crippen molar-refractivity contribution in [3.05, 3.63) is 28.2 Å². The zero-order valence-corrected chi connectivity index (χ0v) is 24.3. The van der Waals surface area contributed by atoms with E-state index in [-0.39, 0.29) is 45.4 Å². The van der Waals surface area contributed by atoms with Gasteiger partial charge in [-0.25, -0.2) is 0 Å². The van der Waals surface area contributed by atoms with E-state index in [1.165, 1.54) is 0 Å². The summed E-state index contributed by atoms with van der Waals surface area (Å²) in [5.74, 6) is 0.221. The summed E-state index contributed by atoms with van der Waals surface area (Å²) in [5, 5.41) is 0.614. The van der Waals surface area contributed by atoms with Crippen LogP contribution < -0.4 is 4.43 Å². The second-order valence-electron chi connectivity index (χ2n) is 8.21. The Morgan fingerprint density at radius 3 is 1.26 bits per heavy atom. The summed E-state index contributed by atoms with van der Waals surface area (Å²) in [5.41, 5.74) is 0. The number of para-hydroxylation sites is 1. The molecule has 0 saturated carbocycles. The minimum absolute atomic E-state index is 0.158. The number of ether oxygens (including phenoxy) is 6. The van der Waals surface area contributed by atoms with E-state index in [2.05, 4.69) is 4.90 Å². The van der Waals surface area contributed by atoms with Crippen molar-refractivity contribution in [2.24, 2.45) is 0 Å². The largest absolute Gasteiger partial charge is 0.750 e. The predicted octanol–water partition coefficient (Wildman–Crippen LogP) is 2.29. The Labute approximate surface area is 235 Å². The summed E-state index contributed by atoms with van der Waals surface area (Å²) in [6.45, 7) is 8.07. The topological polar surface area (TPSA) is 95.5 Å². The molecule has 14 heteroatoms. The normalized spacial score (nSPS) is 27.4. The summed E-state index contributed by atoms with van der Waals surface area (Å²) in [7, 11) is -3.82. The molecule has 3 aliphatic heterocycles. The Hall–Kier alpha value is -0.583. The van der Waals surface area contributed by atoms with Crippen molar-refractivity contribution < 1.29 is 46.1 Å². The van der Waals surface area contributed by atoms with Crippen molar-refractivity contribution >= 4 is 32.2 Å². The Balaban J connectivity index is 1.74. The van der Waals surface area contributed by atoms with Crippen molar-refractivity contribution in [2.45, 2.75) is 0 Å². The van der Waals surface area contributed by atoms with Crippen LogP contribution in [0.3, 0.4) is 0 Å². The van der Waals surface area contributed by atoms with Crippen LogP contribution in [-0.4, -0.2) is 133 Å². The van der Waals surface area contributed by atoms with Crippen LogP contribution in [0, 0.1) is 0 Å². The lowest BCUT2D eigenvalue weighted by atomic mass is 10.3. The van der Waals surface area contributed by atoms with Gasteiger partial charge < -0.3 is 46.1 Å². The van der Waals surface area contributed by atoms with Crippen LogP contribution in [0.5, 0.6) is 5.75 Å². The van der Waals surface area contributed by atoms with E-state index >= 15 is 0 Å². The molecule has 0 radical (unpaired) electrons. The number of rotatable bonds is 2. The smallest absolute Gasteiger partial charge is 0.477 e. The molecule has 0 aromatic heterocycles. The van der Waals surface area contributed by atoms with Crippen molar-refractivity contribution in [1.29, 1.82) is 0 Å². The van der Waals surface area contributed by atoms with E-state index in [9.17, 15) is 0 Å². The van der Waals surface area contributed by atoms with Crippen molar-refractivity contribution in [3.8, 4) is 5.75 Å². The quantitative estimate of drug-likeness (QED) is 0.370. The van der Waals surface area contributed by atoms with Crippen LogP contribution in [0.2, 0.25) is 10.0 Å². The van der Waals surface area contributed by atoms with E-state index in [0.29, 0.717) is 69.5 Å². The first-order chi connectivity index (χ1) is 18.7. The SMILES string of the molecule is Clc1cccc(Cl)c1O[Si]12OCCOCCOCCN(CCOCCOCCO1)CCOCCOCCO2. The molecule has 1 aromatic rings. The average Bonchev–Trinajstić information content (AvgIpc) is 2.90. The second kappa shape index (κ2) is 19.5. The third kappa shape index (κ3) is 12.7. The van der Waals surface area contributed by atoms with E-state index in [0.717, 1.165) is 19.6 Å². The number of hydrogen-bond acceptors (Lipinski definition) is 11. The van der Waals surface area contributed by atoms with Gasteiger partial charge in [0.25, 0.3) is 0 Å². The van der Waals surface area contributed by atoms with E-state index in [1.54, 1.807) is 18.2 Å². The Morgan fingerprint density at radius 1 is 0.526 bits per heavy atom. The third-order valence-electron chi connectivity index (χ3n) is 5.44. The Kier molecular flexibility index (Phi) is 16.4. The molecule has 38 heavy (non-hydrogen) atoms. The molecule has 3 aliphatic rings. The van der Waals surface area contributed by atoms with E-state index < -0.39 is 9.05 Å². The molecule has 11 nitrogen and oxygen atoms in total. The molecule has 4 rings (SSSR count). The summed E-state index contributed by atoms with van der Waals surface area (Å²) in [6, 6.07) is 5.06. The zero-order chi connectivity index (χ0) is 26.7. The molecular weight excluding hydrogens is 561 g/mol. The fourth-order valence-electron chi connectivity index (χ4n) is 3.48. The Bertz CT molecular complexity index is 694. The molecule has 0 amide bonds. The monoisotopic (exact) mass is 599 g/mol. The maximum Gasteiger partial charge on any atom is 0.750 e. The van der Waals surface area contributed by atoms with Crippen LogP contribution >= 0.6 is 23.2 Å². The van der Waals surface area contributed by atoms with Crippen LogP contribution in [0.15, 0.2) is 18.2 Å². The first-order valence-corrected chi connectivity index (χ1v) is 15.3. The molecule has 0 aliphatic carbocycles. The fraction of sp³-hybridized carbons (Fsp3) is 0.750. The van der Waals surface area contributed by atoms with Gasteiger partial charge in [0.15, 0.2) is 0 Å². The fourth-order valence-corrected chi connectivity index (χ4v) is 5.98. The van der Waals surface area contributed by atoms with Crippen molar-refractivity contribution in [2.75, 3.05) is 119 Å². The van der Waals surface area contributed by atoms with Crippen LogP contribution in [-0.2, 0) is 41.7 Å². The highest BCUT2D eigenvalue weighted by atomic mass is 35.5. The lowest BCUT2D eigenvalue weighted by Gasteiger charge is -2.29. The van der Waals surface area contributed by atoms with Gasteiger partial charge in [0.2, 0.25) is 0 Å². The van der Waals surface area contributed by atoms with Gasteiger partial charge in [0, 0.05) is 19.6 Å². The lowest BCUT2D eigenvalue weighted by Crippen LogP contribution is -2.54. The van der Waals surface area contributed by atoms with E-state index in [1.807, 2.05) is 0 Å². The van der Waals surface area contributed by atoms with Crippen LogP contribution in [0.1, 0.15) is 0 Å². The second-order valence-corrected chi connectivity index (χ2v) is 11.1. The van der Waals surface area contributed by atoms with Gasteiger partial charge in [-0.05, 0) is 12.1 Å². The lowest BCUT2D eigenvalue weighted by molar-refractivity contribution is -0.0495. The molecule has 0 N–H and O–H groups in total. The maximum absolute atomic E-state index is 6.38. The number of nitrogens with zero attached hydrogens (tertiary/aromatic N) is 1. The van der Waals surface area contributed by atoms with Gasteiger partial charge in [0.1, 0.15) is 5.75 Å². The molecule has 0 atom stereocenters. The standard InChI is InChI=1S/C24H39Cl2NO10Si/c25-22-2-1-3-23(26)24(22)37-38-34-19-16-31-13-10-28-7-4-27(5-8-29-11-14-32-17-20-35-38)6-9-30-12-15-33-18-21-36-38/h1-3H,4-21H2. The highest BCUT2D eigenvalue weighted by Gasteiger charge is 2.49. The molecule has 0 spiro atoms. The van der Waals surface area contributed by atoms with Gasteiger partial charge in [-0.2, -0.15) is 0 Å². The van der Waals surface area contributed by atoms with Gasteiger partial charge in [-0.3, -0.25) is 4.90 Å². The predicted molar refractivity (Wildman–Crippen MR) is 142 cm³/mol. The highest BCUT2D eigenvalue weighted by molar-refractivity contribution is 6.55. The molecule has 0 unspecified atom stereocenters. The van der Waals surface area contributed by atoms with Gasteiger partial charge in [-0.1, -0.05) is 29.3 Å². The molecule has 1 aromatic carbocycles. The Morgan fingerprint density at radius 2 is 0.868 bits per heavy atom. The van der Waals surface area contributed by atoms with Gasteiger partial charge in [-0.15, -0.1) is 0 Å². The molecule has 3 heterocycles. The third-order valence-corrected chi connectivity index (χ3v) is 8.16. The van der Waals surface area contributed by atoms with Crippen molar-refractivity contribution in [1.82, 2.24) is 4.90 Å². The summed E-state index contributed by atoms with van der Waals surface area (Å²) >= 11 is 12.8. The van der Waals surface area contributed by atoms with E-state index in [4.69, 9.17) is 69.3 Å². The number of benzene rings is 1. The highest BCUT2D eigenvalue weighted by Crippen LogP contribution is 2.35. The first-order valence-electron chi connectivity index (χ1n) is 12.9. The molecule has 2 bridgehead atoms. The summed E-state index contributed by atoms with van der Waals surface area (Å²) in [4.78, 5) is 2.25. The molecule has 3 saturated heterocycles. The number of halogens is 2. The molecule has 3 fully saturated rings. The molecular formula is C24H39Cl2NO10Si. The minimum atomic E-state index is -3.82. The zero-order valence-electron chi connectivity index (χ0n) is 21.7. The van der Waals surface area contributed by atoms with Crippen LogP contribution in [0.25, 0.3) is 0 Å². The first kappa shape index (κ1) is 31.9. The maximum atomic E-state index is 6.38. The summed E-state index contributed by atoms with van der Waals surface area (Å²) < 4.78 is 58.8. The number of fused-ring (bicyclic) bond motifs is 24. The number of hydrogen-bond donors (Lipinski definition) is 0.